The molecule has 0 bridgehead atoms. The monoisotopic (exact) mass is 490 g/mol. The van der Waals surface area contributed by atoms with Crippen molar-refractivity contribution in [3.63, 3.8) is 0 Å². The van der Waals surface area contributed by atoms with Crippen LogP contribution in [-0.2, 0) is 6.42 Å². The van der Waals surface area contributed by atoms with Gasteiger partial charge >= 0.3 is 0 Å². The first kappa shape index (κ1) is 23.5. The zero-order valence-corrected chi connectivity index (χ0v) is 19.6. The van der Waals surface area contributed by atoms with E-state index in [0.29, 0.717) is 48.2 Å². The first-order valence-electron chi connectivity index (χ1n) is 11.6. The summed E-state index contributed by atoms with van der Waals surface area (Å²) in [4.78, 5) is 28.9. The van der Waals surface area contributed by atoms with Gasteiger partial charge in [0.25, 0.3) is 11.5 Å². The number of hydrogen-bond acceptors (Lipinski definition) is 5. The van der Waals surface area contributed by atoms with E-state index >= 15 is 0 Å². The number of H-pyrrole nitrogens is 1. The normalized spacial score (nSPS) is 13.8. The van der Waals surface area contributed by atoms with E-state index < -0.39 is 17.5 Å². The minimum absolute atomic E-state index is 0.125. The Balaban J connectivity index is 1.35. The molecular formula is C27H24F2N4O3. The summed E-state index contributed by atoms with van der Waals surface area (Å²) in [6.07, 6.45) is 0.125. The van der Waals surface area contributed by atoms with Crippen molar-refractivity contribution in [2.45, 2.75) is 6.42 Å². The van der Waals surface area contributed by atoms with Gasteiger partial charge in [0.05, 0.1) is 23.8 Å². The van der Waals surface area contributed by atoms with Gasteiger partial charge in [0.15, 0.2) is 11.6 Å². The number of aromatic nitrogens is 2. The molecule has 0 saturated carbocycles. The van der Waals surface area contributed by atoms with Crippen LogP contribution < -0.4 is 15.2 Å². The molecule has 1 aliphatic rings. The molecule has 184 valence electrons. The van der Waals surface area contributed by atoms with Crippen molar-refractivity contribution in [1.29, 1.82) is 0 Å². The molecule has 2 heterocycles. The maximum absolute atomic E-state index is 14.7. The molecule has 1 aromatic heterocycles. The smallest absolute Gasteiger partial charge is 0.272 e. The fraction of sp³-hybridized carbons (Fsp3) is 0.222. The average molecular weight is 491 g/mol. The van der Waals surface area contributed by atoms with E-state index in [1.807, 2.05) is 24.3 Å². The van der Waals surface area contributed by atoms with Gasteiger partial charge in [-0.05, 0) is 48.0 Å². The maximum atomic E-state index is 14.7. The van der Waals surface area contributed by atoms with Crippen molar-refractivity contribution in [2.24, 2.45) is 0 Å². The van der Waals surface area contributed by atoms with Crippen LogP contribution in [-0.4, -0.2) is 54.3 Å². The lowest BCUT2D eigenvalue weighted by molar-refractivity contribution is 0.0740. The Bertz CT molecular complexity index is 1480. The Labute approximate surface area is 205 Å². The molecule has 5 rings (SSSR count). The standard InChI is InChI=1S/C27H24F2N4O3/c1-36-19-8-6-18(7-9-19)32-10-12-33(13-11-32)27(35)22-14-17(15-23(28)25(22)29)16-24-20-4-2-3-5-21(20)26(34)31-30-24/h2-9,14-15H,10-13,16H2,1H3,(H,31,34). The highest BCUT2D eigenvalue weighted by Crippen LogP contribution is 2.24. The maximum Gasteiger partial charge on any atom is 0.272 e. The minimum atomic E-state index is -1.17. The Morgan fingerprint density at radius 1 is 1.00 bits per heavy atom. The molecular weight excluding hydrogens is 466 g/mol. The minimum Gasteiger partial charge on any atom is -0.497 e. The van der Waals surface area contributed by atoms with Gasteiger partial charge in [0.1, 0.15) is 5.75 Å². The van der Waals surface area contributed by atoms with Crippen LogP contribution in [0.2, 0.25) is 0 Å². The number of ether oxygens (including phenoxy) is 1. The molecule has 4 aromatic rings. The quantitative estimate of drug-likeness (QED) is 0.461. The van der Waals surface area contributed by atoms with Gasteiger partial charge in [-0.2, -0.15) is 5.10 Å². The Morgan fingerprint density at radius 2 is 1.69 bits per heavy atom. The van der Waals surface area contributed by atoms with E-state index in [-0.39, 0.29) is 17.5 Å². The van der Waals surface area contributed by atoms with Crippen LogP contribution in [0, 0.1) is 11.6 Å². The number of anilines is 1. The molecule has 1 saturated heterocycles. The molecule has 1 N–H and O–H groups in total. The van der Waals surface area contributed by atoms with Crippen molar-refractivity contribution in [3.8, 4) is 5.75 Å². The third-order valence-electron chi connectivity index (χ3n) is 6.47. The Morgan fingerprint density at radius 3 is 2.39 bits per heavy atom. The third-order valence-corrected chi connectivity index (χ3v) is 6.47. The van der Waals surface area contributed by atoms with Gasteiger partial charge in [-0.15, -0.1) is 0 Å². The summed E-state index contributed by atoms with van der Waals surface area (Å²) >= 11 is 0. The summed E-state index contributed by atoms with van der Waals surface area (Å²) in [5, 5.41) is 7.62. The summed E-state index contributed by atoms with van der Waals surface area (Å²) in [7, 11) is 1.61. The highest BCUT2D eigenvalue weighted by molar-refractivity contribution is 5.95. The first-order chi connectivity index (χ1) is 17.4. The second-order valence-electron chi connectivity index (χ2n) is 8.64. The number of carbonyl (C=O) groups is 1. The molecule has 0 atom stereocenters. The molecule has 1 fully saturated rings. The van der Waals surface area contributed by atoms with E-state index in [0.717, 1.165) is 17.5 Å². The molecule has 3 aromatic carbocycles. The average Bonchev–Trinajstić information content (AvgIpc) is 2.92. The number of nitrogens with one attached hydrogen (secondary N) is 1. The lowest BCUT2D eigenvalue weighted by Crippen LogP contribution is -2.49. The van der Waals surface area contributed by atoms with Gasteiger partial charge in [-0.3, -0.25) is 9.59 Å². The molecule has 9 heteroatoms. The number of benzene rings is 3. The molecule has 36 heavy (non-hydrogen) atoms. The fourth-order valence-corrected chi connectivity index (χ4v) is 4.53. The van der Waals surface area contributed by atoms with Gasteiger partial charge < -0.3 is 14.5 Å². The van der Waals surface area contributed by atoms with E-state index in [2.05, 4.69) is 15.1 Å². The first-order valence-corrected chi connectivity index (χ1v) is 11.6. The van der Waals surface area contributed by atoms with E-state index in [4.69, 9.17) is 4.74 Å². The summed E-state index contributed by atoms with van der Waals surface area (Å²) in [5.74, 6) is -2.06. The molecule has 0 unspecified atom stereocenters. The molecule has 0 radical (unpaired) electrons. The molecule has 0 spiro atoms. The summed E-state index contributed by atoms with van der Waals surface area (Å²) < 4.78 is 34.5. The van der Waals surface area contributed by atoms with Gasteiger partial charge in [0, 0.05) is 43.7 Å². The van der Waals surface area contributed by atoms with Crippen molar-refractivity contribution in [1.82, 2.24) is 15.1 Å². The summed E-state index contributed by atoms with van der Waals surface area (Å²) in [6.45, 7) is 1.88. The van der Waals surface area contributed by atoms with Gasteiger partial charge in [-0.1, -0.05) is 18.2 Å². The van der Waals surface area contributed by atoms with E-state index in [1.54, 1.807) is 31.4 Å². The van der Waals surface area contributed by atoms with Gasteiger partial charge in [-0.25, -0.2) is 13.9 Å². The van der Waals surface area contributed by atoms with Crippen molar-refractivity contribution < 1.29 is 18.3 Å². The lowest BCUT2D eigenvalue weighted by Gasteiger charge is -2.36. The number of nitrogens with zero attached hydrogens (tertiary/aromatic N) is 3. The largest absolute Gasteiger partial charge is 0.497 e. The number of piperazine rings is 1. The van der Waals surface area contributed by atoms with E-state index in [9.17, 15) is 18.4 Å². The molecule has 1 amide bonds. The van der Waals surface area contributed by atoms with Crippen LogP contribution in [0.1, 0.15) is 21.6 Å². The second kappa shape index (κ2) is 9.77. The fourth-order valence-electron chi connectivity index (χ4n) is 4.53. The molecule has 7 nitrogen and oxygen atoms in total. The lowest BCUT2D eigenvalue weighted by atomic mass is 10.0. The molecule has 1 aliphatic heterocycles. The zero-order chi connectivity index (χ0) is 25.2. The van der Waals surface area contributed by atoms with Crippen molar-refractivity contribution >= 4 is 22.4 Å². The predicted molar refractivity (Wildman–Crippen MR) is 133 cm³/mol. The number of methoxy groups -OCH3 is 1. The zero-order valence-electron chi connectivity index (χ0n) is 19.6. The van der Waals surface area contributed by atoms with Crippen molar-refractivity contribution in [3.05, 3.63) is 99.5 Å². The highest BCUT2D eigenvalue weighted by Gasteiger charge is 2.26. The SMILES string of the molecule is COc1ccc(N2CCN(C(=O)c3cc(Cc4n[nH]c(=O)c5ccccc45)cc(F)c3F)CC2)cc1. The number of fused-ring (bicyclic) bond motifs is 1. The third kappa shape index (κ3) is 4.51. The van der Waals surface area contributed by atoms with Crippen LogP contribution in [0.15, 0.2) is 65.5 Å². The predicted octanol–water partition coefficient (Wildman–Crippen LogP) is 3.76. The highest BCUT2D eigenvalue weighted by atomic mass is 19.2. The summed E-state index contributed by atoms with van der Waals surface area (Å²) in [5.41, 5.74) is 1.25. The van der Waals surface area contributed by atoms with Gasteiger partial charge in [0.2, 0.25) is 0 Å². The van der Waals surface area contributed by atoms with Crippen LogP contribution in [0.3, 0.4) is 0 Å². The number of amides is 1. The van der Waals surface area contributed by atoms with Crippen LogP contribution in [0.4, 0.5) is 14.5 Å². The van der Waals surface area contributed by atoms with Crippen molar-refractivity contribution in [2.75, 3.05) is 38.2 Å². The number of carbonyl (C=O) groups excluding carboxylic acids is 1. The number of rotatable bonds is 5. The topological polar surface area (TPSA) is 78.5 Å². The number of hydrogen-bond donors (Lipinski definition) is 1. The number of halogens is 2. The second-order valence-corrected chi connectivity index (χ2v) is 8.64. The number of aromatic amines is 1. The Hall–Kier alpha value is -4.27. The molecule has 0 aliphatic carbocycles. The van der Waals surface area contributed by atoms with Crippen LogP contribution in [0.25, 0.3) is 10.8 Å². The van der Waals surface area contributed by atoms with Crippen LogP contribution in [0.5, 0.6) is 5.75 Å². The van der Waals surface area contributed by atoms with Crippen LogP contribution >= 0.6 is 0 Å². The Kier molecular flexibility index (Phi) is 6.37. The van der Waals surface area contributed by atoms with E-state index in [1.165, 1.54) is 11.0 Å². The summed E-state index contributed by atoms with van der Waals surface area (Å²) in [6, 6.07) is 17.0.